The summed E-state index contributed by atoms with van der Waals surface area (Å²) in [7, 11) is 0. The lowest BCUT2D eigenvalue weighted by Gasteiger charge is -2.19. The Balaban J connectivity index is 1.60. The summed E-state index contributed by atoms with van der Waals surface area (Å²) in [6.45, 7) is 1.03. The monoisotopic (exact) mass is 474 g/mol. The van der Waals surface area contributed by atoms with Crippen LogP contribution in [0.1, 0.15) is 13.2 Å². The molecule has 3 aromatic rings. The summed E-state index contributed by atoms with van der Waals surface area (Å²) in [4.78, 5) is 22.9. The predicted octanol–water partition coefficient (Wildman–Crippen LogP) is -0.205. The minimum atomic E-state index is -1.40. The van der Waals surface area contributed by atoms with Crippen molar-refractivity contribution < 1.29 is 29.7 Å². The number of hydrogen-bond acceptors (Lipinski definition) is 13. The first-order chi connectivity index (χ1) is 16.3. The Morgan fingerprint density at radius 1 is 1.35 bits per heavy atom. The molecule has 15 heteroatoms. The number of nitrogens with one attached hydrogen (secondary N) is 1. The zero-order valence-electron chi connectivity index (χ0n) is 17.8. The molecular weight excluding hydrogens is 452 g/mol. The largest absolute Gasteiger partial charge is 0.481 e. The van der Waals surface area contributed by atoms with Crippen LogP contribution in [0.4, 0.5) is 17.5 Å². The van der Waals surface area contributed by atoms with Crippen LogP contribution in [0.3, 0.4) is 0 Å². The highest BCUT2D eigenvalue weighted by atomic mass is 16.6. The van der Waals surface area contributed by atoms with Crippen LogP contribution in [0.2, 0.25) is 0 Å². The van der Waals surface area contributed by atoms with Gasteiger partial charge in [0.05, 0.1) is 17.2 Å². The highest BCUT2D eigenvalue weighted by Gasteiger charge is 2.45. The van der Waals surface area contributed by atoms with Crippen molar-refractivity contribution in [2.75, 3.05) is 24.4 Å². The Morgan fingerprint density at radius 3 is 2.82 bits per heavy atom. The maximum absolute atomic E-state index is 11.1. The van der Waals surface area contributed by atoms with Gasteiger partial charge in [0.25, 0.3) is 0 Å². The summed E-state index contributed by atoms with van der Waals surface area (Å²) in [6, 6.07) is 5.95. The number of nitro benzene ring substituents is 1. The SMILES string of the molecule is CC(COc1ccccc1[N+](=O)[O-])=NNc1nc2c(N)ncnc2n1C1OC(CO)C(O)C1O. The van der Waals surface area contributed by atoms with Crippen LogP contribution in [0.25, 0.3) is 11.2 Å². The molecule has 0 spiro atoms. The van der Waals surface area contributed by atoms with E-state index in [0.29, 0.717) is 5.71 Å². The Kier molecular flexibility index (Phi) is 6.51. The first-order valence-corrected chi connectivity index (χ1v) is 10.1. The number of aromatic nitrogens is 4. The maximum atomic E-state index is 11.1. The average Bonchev–Trinajstić information content (AvgIpc) is 3.34. The van der Waals surface area contributed by atoms with Gasteiger partial charge in [0.2, 0.25) is 5.95 Å². The van der Waals surface area contributed by atoms with Crippen LogP contribution in [0.5, 0.6) is 5.75 Å². The van der Waals surface area contributed by atoms with Crippen molar-refractivity contribution >= 4 is 34.3 Å². The first kappa shape index (κ1) is 23.2. The van der Waals surface area contributed by atoms with E-state index < -0.39 is 36.1 Å². The van der Waals surface area contributed by atoms with Gasteiger partial charge >= 0.3 is 5.69 Å². The number of aliphatic hydroxyl groups is 3. The highest BCUT2D eigenvalue weighted by Crippen LogP contribution is 2.35. The second-order valence-electron chi connectivity index (χ2n) is 7.44. The Morgan fingerprint density at radius 2 is 2.12 bits per heavy atom. The topological polar surface area (TPSA) is 216 Å². The molecular formula is C19H22N8O7. The molecule has 0 amide bonds. The third-order valence-corrected chi connectivity index (χ3v) is 5.12. The molecule has 3 heterocycles. The molecule has 0 bridgehead atoms. The molecule has 1 fully saturated rings. The van der Waals surface area contributed by atoms with Crippen LogP contribution >= 0.6 is 0 Å². The fourth-order valence-corrected chi connectivity index (χ4v) is 3.43. The maximum Gasteiger partial charge on any atom is 0.310 e. The molecule has 1 aromatic carbocycles. The number of rotatable bonds is 8. The number of imidazole rings is 1. The van der Waals surface area contributed by atoms with Crippen molar-refractivity contribution in [2.24, 2.45) is 5.10 Å². The standard InChI is InChI=1S/C19H22N8O7/c1-9(7-33-11-5-3-2-4-10(11)27(31)32)24-25-19-23-13-16(20)21-8-22-17(13)26(19)18-15(30)14(29)12(6-28)34-18/h2-5,8,12,14-15,18,28-30H,6-7H2,1H3,(H,23,25)(H2,20,21,22). The van der Waals surface area contributed by atoms with Gasteiger partial charge in [-0.15, -0.1) is 0 Å². The fourth-order valence-electron chi connectivity index (χ4n) is 3.43. The molecule has 34 heavy (non-hydrogen) atoms. The lowest BCUT2D eigenvalue weighted by Crippen LogP contribution is -2.33. The minimum absolute atomic E-state index is 0.0575. The highest BCUT2D eigenvalue weighted by molar-refractivity contribution is 5.86. The van der Waals surface area contributed by atoms with Gasteiger partial charge in [-0.2, -0.15) is 5.10 Å². The van der Waals surface area contributed by atoms with E-state index in [9.17, 15) is 25.4 Å². The smallest absolute Gasteiger partial charge is 0.310 e. The molecule has 4 rings (SSSR count). The zero-order valence-corrected chi connectivity index (χ0v) is 17.8. The van der Waals surface area contributed by atoms with E-state index in [1.807, 2.05) is 0 Å². The quantitative estimate of drug-likeness (QED) is 0.163. The van der Waals surface area contributed by atoms with E-state index in [4.69, 9.17) is 15.2 Å². The summed E-state index contributed by atoms with van der Waals surface area (Å²) >= 11 is 0. The van der Waals surface area contributed by atoms with Gasteiger partial charge in [-0.25, -0.2) is 20.4 Å². The third kappa shape index (κ3) is 4.32. The number of nitrogens with zero attached hydrogens (tertiary/aromatic N) is 6. The van der Waals surface area contributed by atoms with Crippen LogP contribution in [-0.4, -0.2) is 77.0 Å². The molecule has 4 atom stereocenters. The van der Waals surface area contributed by atoms with Crippen molar-refractivity contribution in [3.05, 3.63) is 40.7 Å². The van der Waals surface area contributed by atoms with E-state index in [0.717, 1.165) is 0 Å². The van der Waals surface area contributed by atoms with Gasteiger partial charge in [-0.05, 0) is 13.0 Å². The van der Waals surface area contributed by atoms with Crippen molar-refractivity contribution in [3.8, 4) is 5.75 Å². The molecule has 2 aromatic heterocycles. The fraction of sp³-hybridized carbons (Fsp3) is 0.368. The van der Waals surface area contributed by atoms with Gasteiger partial charge < -0.3 is 30.5 Å². The second-order valence-corrected chi connectivity index (χ2v) is 7.44. The number of para-hydroxylation sites is 2. The molecule has 0 radical (unpaired) electrons. The number of benzene rings is 1. The number of ether oxygens (including phenoxy) is 2. The summed E-state index contributed by atoms with van der Waals surface area (Å²) in [5.74, 6) is 0.213. The molecule has 0 aliphatic carbocycles. The average molecular weight is 474 g/mol. The number of nitrogens with two attached hydrogens (primary N) is 1. The van der Waals surface area contributed by atoms with E-state index in [2.05, 4.69) is 25.5 Å². The Labute approximate surface area is 191 Å². The van der Waals surface area contributed by atoms with Crippen molar-refractivity contribution in [1.82, 2.24) is 19.5 Å². The van der Waals surface area contributed by atoms with E-state index in [-0.39, 0.29) is 41.0 Å². The third-order valence-electron chi connectivity index (χ3n) is 5.12. The lowest BCUT2D eigenvalue weighted by molar-refractivity contribution is -0.385. The van der Waals surface area contributed by atoms with Gasteiger partial charge in [-0.1, -0.05) is 12.1 Å². The Bertz CT molecular complexity index is 1230. The Hall–Kier alpha value is -3.92. The number of anilines is 2. The number of aliphatic hydroxyl groups excluding tert-OH is 3. The molecule has 4 unspecified atom stereocenters. The summed E-state index contributed by atoms with van der Waals surface area (Å²) in [5, 5.41) is 45.4. The number of nitro groups is 1. The van der Waals surface area contributed by atoms with Crippen molar-refractivity contribution in [3.63, 3.8) is 0 Å². The predicted molar refractivity (Wildman–Crippen MR) is 118 cm³/mol. The number of fused-ring (bicyclic) bond motifs is 1. The summed E-state index contributed by atoms with van der Waals surface area (Å²) < 4.78 is 12.5. The van der Waals surface area contributed by atoms with Gasteiger partial charge in [0.1, 0.15) is 31.2 Å². The molecule has 180 valence electrons. The van der Waals surface area contributed by atoms with Crippen molar-refractivity contribution in [1.29, 1.82) is 0 Å². The van der Waals surface area contributed by atoms with Crippen LogP contribution in [0, 0.1) is 10.1 Å². The molecule has 1 saturated heterocycles. The van der Waals surface area contributed by atoms with Crippen LogP contribution < -0.4 is 15.9 Å². The number of hydrogen-bond donors (Lipinski definition) is 5. The van der Waals surface area contributed by atoms with Gasteiger partial charge in [0.15, 0.2) is 29.0 Å². The van der Waals surface area contributed by atoms with Gasteiger partial charge in [-0.3, -0.25) is 14.7 Å². The molecule has 1 aliphatic rings. The molecule has 15 nitrogen and oxygen atoms in total. The number of hydrazone groups is 1. The number of nitrogen functional groups attached to an aromatic ring is 1. The van der Waals surface area contributed by atoms with Gasteiger partial charge in [0, 0.05) is 6.07 Å². The summed E-state index contributed by atoms with van der Waals surface area (Å²) in [5.41, 5.74) is 9.24. The zero-order chi connectivity index (χ0) is 24.4. The molecule has 6 N–H and O–H groups in total. The van der Waals surface area contributed by atoms with Crippen molar-refractivity contribution in [2.45, 2.75) is 31.5 Å². The first-order valence-electron chi connectivity index (χ1n) is 10.1. The van der Waals surface area contributed by atoms with Crippen LogP contribution in [-0.2, 0) is 4.74 Å². The minimum Gasteiger partial charge on any atom is -0.481 e. The second kappa shape index (κ2) is 9.52. The van der Waals surface area contributed by atoms with Crippen LogP contribution in [0.15, 0.2) is 35.7 Å². The van der Waals surface area contributed by atoms with E-state index in [1.165, 1.54) is 29.1 Å². The summed E-state index contributed by atoms with van der Waals surface area (Å²) in [6.07, 6.45) is -3.73. The molecule has 1 aliphatic heterocycles. The van der Waals surface area contributed by atoms with E-state index >= 15 is 0 Å². The lowest BCUT2D eigenvalue weighted by atomic mass is 10.1. The normalized spacial score (nSPS) is 22.8. The van der Waals surface area contributed by atoms with E-state index in [1.54, 1.807) is 13.0 Å². The molecule has 0 saturated carbocycles.